The Labute approximate surface area is 152 Å². The van der Waals surface area contributed by atoms with Crippen LogP contribution < -0.4 is 0 Å². The van der Waals surface area contributed by atoms with Crippen molar-refractivity contribution in [2.45, 2.75) is 95.2 Å². The lowest BCUT2D eigenvalue weighted by molar-refractivity contribution is -0.283. The van der Waals surface area contributed by atoms with Crippen LogP contribution in [0.3, 0.4) is 0 Å². The molecule has 0 bridgehead atoms. The average molecular weight is 357 g/mol. The van der Waals surface area contributed by atoms with Crippen LogP contribution >= 0.6 is 0 Å². The molecule has 3 fully saturated rings. The van der Waals surface area contributed by atoms with Crippen molar-refractivity contribution in [3.05, 3.63) is 0 Å². The van der Waals surface area contributed by atoms with E-state index < -0.39 is 17.2 Å². The molecular weight excluding hydrogens is 320 g/mol. The minimum Gasteiger partial charge on any atom is -0.364 e. The first-order valence-corrected chi connectivity index (χ1v) is 10.3. The Balaban J connectivity index is 1.56. The van der Waals surface area contributed by atoms with E-state index in [1.165, 1.54) is 38.5 Å². The molecule has 0 N–H and O–H groups in total. The Morgan fingerprint density at radius 2 is 1.28 bits per heavy atom. The molecule has 0 radical (unpaired) electrons. The highest BCUT2D eigenvalue weighted by Crippen LogP contribution is 2.47. The first kappa shape index (κ1) is 19.6. The summed E-state index contributed by atoms with van der Waals surface area (Å²) in [6, 6.07) is 0. The Kier molecular flexibility index (Phi) is 6.77. The standard InChI is InChI=1S/C20H36O5/c1-3-4-5-6-7-8-9-10-18(2)20(23-15-16-24-20)12-11-19(17-25-18)21-13-14-22-19/h3-17H2,1-2H3. The van der Waals surface area contributed by atoms with Crippen molar-refractivity contribution in [3.8, 4) is 0 Å². The molecule has 5 nitrogen and oxygen atoms in total. The molecule has 0 amide bonds. The molecular formula is C20H36O5. The second-order valence-corrected chi connectivity index (χ2v) is 7.95. The molecule has 3 aliphatic rings. The summed E-state index contributed by atoms with van der Waals surface area (Å²) in [7, 11) is 0. The van der Waals surface area contributed by atoms with Gasteiger partial charge in [-0.25, -0.2) is 0 Å². The predicted molar refractivity (Wildman–Crippen MR) is 95.5 cm³/mol. The van der Waals surface area contributed by atoms with Gasteiger partial charge in [0, 0.05) is 12.8 Å². The molecule has 146 valence electrons. The summed E-state index contributed by atoms with van der Waals surface area (Å²) in [5.74, 6) is -1.24. The van der Waals surface area contributed by atoms with Crippen LogP contribution in [-0.4, -0.2) is 50.2 Å². The van der Waals surface area contributed by atoms with Crippen molar-refractivity contribution in [3.63, 3.8) is 0 Å². The maximum Gasteiger partial charge on any atom is 0.197 e. The molecule has 3 heterocycles. The van der Waals surface area contributed by atoms with Crippen LogP contribution in [0.1, 0.15) is 78.1 Å². The van der Waals surface area contributed by atoms with Crippen LogP contribution in [0, 0.1) is 0 Å². The second-order valence-electron chi connectivity index (χ2n) is 7.95. The molecule has 0 aromatic rings. The molecule has 3 aliphatic heterocycles. The lowest BCUT2D eigenvalue weighted by atomic mass is 9.85. The zero-order chi connectivity index (χ0) is 17.6. The van der Waals surface area contributed by atoms with Crippen molar-refractivity contribution < 1.29 is 23.7 Å². The zero-order valence-electron chi connectivity index (χ0n) is 16.1. The van der Waals surface area contributed by atoms with E-state index in [1.807, 2.05) is 0 Å². The van der Waals surface area contributed by atoms with Gasteiger partial charge in [-0.2, -0.15) is 0 Å². The third-order valence-corrected chi connectivity index (χ3v) is 6.08. The van der Waals surface area contributed by atoms with Crippen LogP contribution in [-0.2, 0) is 23.7 Å². The van der Waals surface area contributed by atoms with Gasteiger partial charge in [0.15, 0.2) is 11.6 Å². The van der Waals surface area contributed by atoms with Gasteiger partial charge in [0.05, 0.1) is 26.4 Å². The van der Waals surface area contributed by atoms with Crippen molar-refractivity contribution in [1.29, 1.82) is 0 Å². The zero-order valence-corrected chi connectivity index (χ0v) is 16.1. The second kappa shape index (κ2) is 8.66. The summed E-state index contributed by atoms with van der Waals surface area (Å²) in [5.41, 5.74) is -0.439. The van der Waals surface area contributed by atoms with Gasteiger partial charge in [-0.1, -0.05) is 51.9 Å². The first-order valence-electron chi connectivity index (χ1n) is 10.3. The number of hydrogen-bond acceptors (Lipinski definition) is 5. The smallest absolute Gasteiger partial charge is 0.197 e. The molecule has 5 heteroatoms. The Morgan fingerprint density at radius 3 is 1.96 bits per heavy atom. The normalized spacial score (nSPS) is 31.0. The van der Waals surface area contributed by atoms with Crippen LogP contribution in [0.2, 0.25) is 0 Å². The van der Waals surface area contributed by atoms with Crippen molar-refractivity contribution in [1.82, 2.24) is 0 Å². The summed E-state index contributed by atoms with van der Waals surface area (Å²) in [6.45, 7) is 7.46. The van der Waals surface area contributed by atoms with E-state index in [-0.39, 0.29) is 0 Å². The maximum atomic E-state index is 6.41. The van der Waals surface area contributed by atoms with Gasteiger partial charge in [0.25, 0.3) is 0 Å². The van der Waals surface area contributed by atoms with E-state index >= 15 is 0 Å². The van der Waals surface area contributed by atoms with E-state index in [0.29, 0.717) is 33.0 Å². The number of unbranched alkanes of at least 4 members (excludes halogenated alkanes) is 6. The Morgan fingerprint density at radius 1 is 0.680 bits per heavy atom. The van der Waals surface area contributed by atoms with Gasteiger partial charge in [-0.15, -0.1) is 0 Å². The van der Waals surface area contributed by atoms with Gasteiger partial charge in [-0.05, 0) is 13.3 Å². The fourth-order valence-electron chi connectivity index (χ4n) is 4.38. The molecule has 3 saturated heterocycles. The summed E-state index contributed by atoms with van der Waals surface area (Å²) < 4.78 is 30.4. The quantitative estimate of drug-likeness (QED) is 0.611. The summed E-state index contributed by atoms with van der Waals surface area (Å²) in [4.78, 5) is 0. The highest BCUT2D eigenvalue weighted by molar-refractivity contribution is 4.99. The summed E-state index contributed by atoms with van der Waals surface area (Å²) >= 11 is 0. The minimum atomic E-state index is -0.645. The van der Waals surface area contributed by atoms with Crippen LogP contribution in [0.5, 0.6) is 0 Å². The van der Waals surface area contributed by atoms with Crippen molar-refractivity contribution >= 4 is 0 Å². The number of rotatable bonds is 8. The van der Waals surface area contributed by atoms with Crippen LogP contribution in [0.25, 0.3) is 0 Å². The highest BCUT2D eigenvalue weighted by atomic mass is 16.8. The lowest BCUT2D eigenvalue weighted by Gasteiger charge is -2.42. The number of hydrogen-bond donors (Lipinski definition) is 0. The molecule has 25 heavy (non-hydrogen) atoms. The van der Waals surface area contributed by atoms with E-state index in [9.17, 15) is 0 Å². The third-order valence-electron chi connectivity index (χ3n) is 6.08. The first-order chi connectivity index (χ1) is 12.1. The highest BCUT2D eigenvalue weighted by Gasteiger charge is 2.58. The van der Waals surface area contributed by atoms with Crippen molar-refractivity contribution in [2.75, 3.05) is 33.0 Å². The Bertz CT molecular complexity index is 401. The molecule has 0 aromatic heterocycles. The van der Waals surface area contributed by atoms with E-state index in [2.05, 4.69) is 13.8 Å². The van der Waals surface area contributed by atoms with E-state index in [4.69, 9.17) is 23.7 Å². The van der Waals surface area contributed by atoms with Gasteiger partial charge in [-0.3, -0.25) is 0 Å². The van der Waals surface area contributed by atoms with E-state index in [0.717, 1.165) is 25.7 Å². The van der Waals surface area contributed by atoms with Gasteiger partial charge >= 0.3 is 0 Å². The minimum absolute atomic E-state index is 0.439. The third kappa shape index (κ3) is 4.38. The van der Waals surface area contributed by atoms with Gasteiger partial charge < -0.3 is 23.7 Å². The molecule has 0 aromatic carbocycles. The fraction of sp³-hybridized carbons (Fsp3) is 1.00. The van der Waals surface area contributed by atoms with Gasteiger partial charge in [0.2, 0.25) is 0 Å². The summed E-state index contributed by atoms with van der Waals surface area (Å²) in [5, 5.41) is 0. The molecule has 1 unspecified atom stereocenters. The van der Waals surface area contributed by atoms with Gasteiger partial charge in [0.1, 0.15) is 12.2 Å². The molecule has 0 saturated carbocycles. The Hall–Kier alpha value is -0.200. The monoisotopic (exact) mass is 356 g/mol. The predicted octanol–water partition coefficient (Wildman–Crippen LogP) is 4.18. The van der Waals surface area contributed by atoms with Crippen LogP contribution in [0.15, 0.2) is 0 Å². The van der Waals surface area contributed by atoms with Crippen LogP contribution in [0.4, 0.5) is 0 Å². The maximum absolute atomic E-state index is 6.41. The molecule has 3 rings (SSSR count). The lowest BCUT2D eigenvalue weighted by Crippen LogP contribution is -2.54. The molecule has 0 aliphatic carbocycles. The fourth-order valence-corrected chi connectivity index (χ4v) is 4.38. The number of ether oxygens (including phenoxy) is 5. The largest absolute Gasteiger partial charge is 0.364 e. The molecule has 1 atom stereocenters. The molecule has 2 spiro atoms. The van der Waals surface area contributed by atoms with Crippen molar-refractivity contribution in [2.24, 2.45) is 0 Å². The topological polar surface area (TPSA) is 46.2 Å². The van der Waals surface area contributed by atoms with E-state index in [1.54, 1.807) is 0 Å². The SMILES string of the molecule is CCCCCCCCCC1(C)OCC2(CCC13OCCO3)OCCO2. The average Bonchev–Trinajstić information content (AvgIpc) is 3.26. The summed E-state index contributed by atoms with van der Waals surface area (Å²) in [6.07, 6.45) is 11.5.